The number of carbonyl (C=O) groups excluding carboxylic acids is 2. The van der Waals surface area contributed by atoms with E-state index in [1.54, 1.807) is 35.4 Å². The molecular formula is C16H33N3O4S2. The topological polar surface area (TPSA) is 111 Å². The lowest BCUT2D eigenvalue weighted by Crippen LogP contribution is -2.46. The van der Waals surface area contributed by atoms with Gasteiger partial charge in [-0.25, -0.2) is 0 Å². The molecule has 0 unspecified atom stereocenters. The van der Waals surface area contributed by atoms with Crippen LogP contribution in [-0.2, 0) is 9.59 Å². The van der Waals surface area contributed by atoms with E-state index in [0.717, 1.165) is 18.1 Å². The van der Waals surface area contributed by atoms with Gasteiger partial charge in [0, 0.05) is 49.0 Å². The maximum absolute atomic E-state index is 11.7. The highest BCUT2D eigenvalue weighted by molar-refractivity contribution is 8.76. The standard InChI is InChI=1S/C16H33N3O4S2/c1-12(2)17-7-9-24-25-10-8-18-13(21)5-6-19-15(23)14(22)16(3,4)11-20/h12,14,17,20,22H,5-11H2,1-4H3,(H,18,21)(H,19,23)/t14-/m0/s1. The Balaban J connectivity index is 3.63. The second-order valence-corrected chi connectivity index (χ2v) is 9.40. The first-order chi connectivity index (χ1) is 11.7. The lowest BCUT2D eigenvalue weighted by molar-refractivity contribution is -0.137. The van der Waals surface area contributed by atoms with E-state index in [1.165, 1.54) is 0 Å². The van der Waals surface area contributed by atoms with Crippen molar-refractivity contribution in [2.45, 2.75) is 46.3 Å². The highest BCUT2D eigenvalue weighted by atomic mass is 33.1. The summed E-state index contributed by atoms with van der Waals surface area (Å²) in [5.74, 6) is 1.14. The van der Waals surface area contributed by atoms with Crippen LogP contribution in [0.25, 0.3) is 0 Å². The molecule has 0 heterocycles. The molecule has 0 rings (SSSR count). The van der Waals surface area contributed by atoms with Crippen molar-refractivity contribution in [3.63, 3.8) is 0 Å². The Hall–Kier alpha value is -0.480. The Bertz CT molecular complexity index is 396. The van der Waals surface area contributed by atoms with Crippen LogP contribution in [0.4, 0.5) is 0 Å². The predicted molar refractivity (Wildman–Crippen MR) is 106 cm³/mol. The molecule has 0 fully saturated rings. The van der Waals surface area contributed by atoms with E-state index in [2.05, 4.69) is 29.8 Å². The van der Waals surface area contributed by atoms with Gasteiger partial charge in [0.1, 0.15) is 6.10 Å². The lowest BCUT2D eigenvalue weighted by Gasteiger charge is -2.27. The van der Waals surface area contributed by atoms with Crippen molar-refractivity contribution in [1.82, 2.24) is 16.0 Å². The van der Waals surface area contributed by atoms with Gasteiger partial charge < -0.3 is 26.2 Å². The molecular weight excluding hydrogens is 362 g/mol. The fourth-order valence-corrected chi connectivity index (χ4v) is 3.49. The third-order valence-electron chi connectivity index (χ3n) is 3.38. The summed E-state index contributed by atoms with van der Waals surface area (Å²) in [6, 6.07) is 0.501. The Labute approximate surface area is 158 Å². The number of aliphatic hydroxyl groups is 2. The van der Waals surface area contributed by atoms with Gasteiger partial charge in [0.15, 0.2) is 0 Å². The smallest absolute Gasteiger partial charge is 0.249 e. The molecule has 0 aliphatic rings. The van der Waals surface area contributed by atoms with Crippen molar-refractivity contribution in [3.05, 3.63) is 0 Å². The van der Waals surface area contributed by atoms with Crippen LogP contribution in [0.3, 0.4) is 0 Å². The fourth-order valence-electron chi connectivity index (χ4n) is 1.66. The molecule has 0 aliphatic heterocycles. The van der Waals surface area contributed by atoms with E-state index in [1.807, 2.05) is 0 Å². The van der Waals surface area contributed by atoms with Gasteiger partial charge in [-0.2, -0.15) is 0 Å². The monoisotopic (exact) mass is 395 g/mol. The van der Waals surface area contributed by atoms with Crippen molar-refractivity contribution in [1.29, 1.82) is 0 Å². The van der Waals surface area contributed by atoms with Crippen molar-refractivity contribution < 1.29 is 19.8 Å². The van der Waals surface area contributed by atoms with Crippen LogP contribution in [0.1, 0.15) is 34.1 Å². The van der Waals surface area contributed by atoms with Crippen molar-refractivity contribution in [3.8, 4) is 0 Å². The number of nitrogens with one attached hydrogen (secondary N) is 3. The van der Waals surface area contributed by atoms with E-state index < -0.39 is 17.4 Å². The van der Waals surface area contributed by atoms with Gasteiger partial charge in [-0.3, -0.25) is 9.59 Å². The summed E-state index contributed by atoms with van der Waals surface area (Å²) in [5, 5.41) is 27.6. The van der Waals surface area contributed by atoms with Gasteiger partial charge in [0.05, 0.1) is 6.61 Å². The molecule has 0 aliphatic carbocycles. The average molecular weight is 396 g/mol. The number of hydrogen-bond donors (Lipinski definition) is 5. The minimum absolute atomic E-state index is 0.136. The summed E-state index contributed by atoms with van der Waals surface area (Å²) in [5.41, 5.74) is -0.911. The molecule has 25 heavy (non-hydrogen) atoms. The third kappa shape index (κ3) is 12.5. The molecule has 0 spiro atoms. The largest absolute Gasteiger partial charge is 0.396 e. The van der Waals surface area contributed by atoms with E-state index in [0.29, 0.717) is 12.6 Å². The fraction of sp³-hybridized carbons (Fsp3) is 0.875. The van der Waals surface area contributed by atoms with Crippen LogP contribution in [0, 0.1) is 5.41 Å². The van der Waals surface area contributed by atoms with Gasteiger partial charge in [-0.15, -0.1) is 0 Å². The van der Waals surface area contributed by atoms with E-state index >= 15 is 0 Å². The Kier molecular flexibility index (Phi) is 13.4. The maximum Gasteiger partial charge on any atom is 0.249 e. The first-order valence-electron chi connectivity index (χ1n) is 8.52. The molecule has 148 valence electrons. The Morgan fingerprint density at radius 1 is 1.04 bits per heavy atom. The minimum Gasteiger partial charge on any atom is -0.396 e. The Morgan fingerprint density at radius 2 is 1.64 bits per heavy atom. The zero-order chi connectivity index (χ0) is 19.3. The second-order valence-electron chi connectivity index (χ2n) is 6.69. The molecule has 0 saturated heterocycles. The lowest BCUT2D eigenvalue weighted by atomic mass is 9.87. The summed E-state index contributed by atoms with van der Waals surface area (Å²) in [6.07, 6.45) is -1.15. The Morgan fingerprint density at radius 3 is 2.20 bits per heavy atom. The molecule has 0 radical (unpaired) electrons. The molecule has 9 heteroatoms. The van der Waals surface area contributed by atoms with Gasteiger partial charge in [-0.05, 0) is 0 Å². The number of carbonyl (C=O) groups is 2. The molecule has 5 N–H and O–H groups in total. The molecule has 0 aromatic carbocycles. The molecule has 0 bridgehead atoms. The predicted octanol–water partition coefficient (Wildman–Crippen LogP) is 0.368. The summed E-state index contributed by atoms with van der Waals surface area (Å²) >= 11 is 0. The number of aliphatic hydroxyl groups excluding tert-OH is 2. The molecule has 7 nitrogen and oxygen atoms in total. The zero-order valence-electron chi connectivity index (χ0n) is 15.6. The van der Waals surface area contributed by atoms with Crippen LogP contribution in [0.5, 0.6) is 0 Å². The van der Waals surface area contributed by atoms with E-state index in [4.69, 9.17) is 5.11 Å². The van der Waals surface area contributed by atoms with Gasteiger partial charge in [-0.1, -0.05) is 49.3 Å². The third-order valence-corrected chi connectivity index (χ3v) is 5.78. The van der Waals surface area contributed by atoms with Crippen LogP contribution in [0.15, 0.2) is 0 Å². The first kappa shape index (κ1) is 24.5. The average Bonchev–Trinajstić information content (AvgIpc) is 2.56. The minimum atomic E-state index is -1.31. The molecule has 0 aromatic heterocycles. The van der Waals surface area contributed by atoms with Gasteiger partial charge in [0.2, 0.25) is 11.8 Å². The normalized spacial score (nSPS) is 12.9. The maximum atomic E-state index is 11.7. The van der Waals surface area contributed by atoms with Crippen LogP contribution >= 0.6 is 21.6 Å². The summed E-state index contributed by atoms with van der Waals surface area (Å²) in [4.78, 5) is 23.4. The molecule has 2 amide bonds. The summed E-state index contributed by atoms with van der Waals surface area (Å²) < 4.78 is 0. The SMILES string of the molecule is CC(C)NCCSSCCNC(=O)CCNC(=O)[C@H](O)C(C)(C)CO. The number of amides is 2. The highest BCUT2D eigenvalue weighted by Gasteiger charge is 2.32. The molecule has 0 saturated carbocycles. The van der Waals surface area contributed by atoms with Crippen LogP contribution in [0.2, 0.25) is 0 Å². The second kappa shape index (κ2) is 13.7. The van der Waals surface area contributed by atoms with Gasteiger partial charge >= 0.3 is 0 Å². The number of hydrogen-bond acceptors (Lipinski definition) is 7. The van der Waals surface area contributed by atoms with Gasteiger partial charge in [0.25, 0.3) is 0 Å². The van der Waals surface area contributed by atoms with Crippen molar-refractivity contribution in [2.24, 2.45) is 5.41 Å². The van der Waals surface area contributed by atoms with Crippen LogP contribution in [-0.4, -0.2) is 71.9 Å². The first-order valence-corrected chi connectivity index (χ1v) is 11.0. The van der Waals surface area contributed by atoms with Crippen molar-refractivity contribution in [2.75, 3.05) is 37.7 Å². The summed E-state index contributed by atoms with van der Waals surface area (Å²) in [7, 11) is 3.49. The summed E-state index contributed by atoms with van der Waals surface area (Å²) in [6.45, 7) is 8.84. The highest BCUT2D eigenvalue weighted by Crippen LogP contribution is 2.20. The zero-order valence-corrected chi connectivity index (χ0v) is 17.3. The quantitative estimate of drug-likeness (QED) is 0.213. The van der Waals surface area contributed by atoms with E-state index in [-0.39, 0.29) is 25.5 Å². The number of rotatable bonds is 14. The molecule has 0 aromatic rings. The van der Waals surface area contributed by atoms with Crippen molar-refractivity contribution >= 4 is 33.4 Å². The van der Waals surface area contributed by atoms with Crippen LogP contribution < -0.4 is 16.0 Å². The van der Waals surface area contributed by atoms with E-state index in [9.17, 15) is 14.7 Å². The molecule has 1 atom stereocenters.